The minimum Gasteiger partial charge on any atom is -0.0995 e. The van der Waals surface area contributed by atoms with E-state index in [0.29, 0.717) is 0 Å². The molecule has 16 heavy (non-hydrogen) atoms. The maximum absolute atomic E-state index is 4.00. The van der Waals surface area contributed by atoms with Crippen LogP contribution in [0, 0.1) is 17.8 Å². The normalized spacial score (nSPS) is 46.0. The van der Waals surface area contributed by atoms with Crippen LogP contribution in [-0.4, -0.2) is 24.6 Å². The van der Waals surface area contributed by atoms with E-state index < -0.39 is 7.26 Å². The van der Waals surface area contributed by atoms with Gasteiger partial charge in [0.15, 0.2) is 0 Å². The van der Waals surface area contributed by atoms with E-state index in [0.717, 1.165) is 22.9 Å². The maximum Gasteiger partial charge on any atom is 0.0805 e. The lowest BCUT2D eigenvalue weighted by atomic mass is 9.56. The Morgan fingerprint density at radius 2 is 1.50 bits per heavy atom. The second kappa shape index (κ2) is 3.58. The zero-order valence-corrected chi connectivity index (χ0v) is 11.8. The molecule has 0 saturated heterocycles. The fraction of sp³-hybridized carbons (Fsp3) is 0.867. The fourth-order valence-electron chi connectivity index (χ4n) is 5.32. The lowest BCUT2D eigenvalue weighted by Gasteiger charge is -2.58. The van der Waals surface area contributed by atoms with Gasteiger partial charge in [0, 0.05) is 20.6 Å². The minimum atomic E-state index is -0.760. The van der Waals surface area contributed by atoms with Gasteiger partial charge in [-0.2, -0.15) is 0 Å². The van der Waals surface area contributed by atoms with Crippen molar-refractivity contribution in [3.05, 3.63) is 12.7 Å². The first-order chi connectivity index (χ1) is 7.55. The molecule has 0 spiro atoms. The molecular weight excluding hydrogens is 211 g/mol. The number of hydrogen-bond acceptors (Lipinski definition) is 0. The summed E-state index contributed by atoms with van der Waals surface area (Å²) in [6, 6.07) is 0. The molecule has 0 radical (unpaired) electrons. The third kappa shape index (κ3) is 1.52. The van der Waals surface area contributed by atoms with Gasteiger partial charge in [-0.3, -0.25) is 0 Å². The molecule has 0 aliphatic heterocycles. The van der Waals surface area contributed by atoms with E-state index in [4.69, 9.17) is 0 Å². The van der Waals surface area contributed by atoms with Gasteiger partial charge in [0.1, 0.15) is 0 Å². The van der Waals surface area contributed by atoms with Crippen LogP contribution < -0.4 is 0 Å². The molecule has 4 saturated carbocycles. The molecule has 4 bridgehead atoms. The summed E-state index contributed by atoms with van der Waals surface area (Å²) in [5.41, 5.74) is 0. The monoisotopic (exact) mass is 237 g/mol. The molecule has 4 aliphatic carbocycles. The van der Waals surface area contributed by atoms with Crippen molar-refractivity contribution in [2.24, 2.45) is 17.8 Å². The standard InChI is InChI=1S/C15H26P/c1-4-5-16(2,3)15-9-12-6-13(10-15)8-14(7-12)11-15/h4,12-14H,1,5-11H2,2-3H3/q+1. The Balaban J connectivity index is 1.90. The van der Waals surface area contributed by atoms with Gasteiger partial charge in [-0.05, 0) is 56.3 Å². The van der Waals surface area contributed by atoms with Crippen LogP contribution in [0.4, 0.5) is 0 Å². The zero-order valence-electron chi connectivity index (χ0n) is 10.9. The second-order valence-electron chi connectivity index (χ2n) is 7.30. The first-order valence-electron chi connectivity index (χ1n) is 6.99. The van der Waals surface area contributed by atoms with E-state index in [1.165, 1.54) is 6.16 Å². The average molecular weight is 237 g/mol. The van der Waals surface area contributed by atoms with Crippen LogP contribution in [0.3, 0.4) is 0 Å². The van der Waals surface area contributed by atoms with E-state index in [9.17, 15) is 0 Å². The zero-order chi connectivity index (χ0) is 11.4. The predicted molar refractivity (Wildman–Crippen MR) is 74.7 cm³/mol. The van der Waals surface area contributed by atoms with Gasteiger partial charge in [0.25, 0.3) is 0 Å². The fourth-order valence-corrected chi connectivity index (χ4v) is 8.61. The average Bonchev–Trinajstić information content (AvgIpc) is 2.14. The smallest absolute Gasteiger partial charge is 0.0805 e. The molecule has 1 heteroatoms. The van der Waals surface area contributed by atoms with Crippen LogP contribution in [0.5, 0.6) is 0 Å². The van der Waals surface area contributed by atoms with Crippen LogP contribution in [0.2, 0.25) is 0 Å². The topological polar surface area (TPSA) is 0 Å². The molecule has 0 aromatic carbocycles. The summed E-state index contributed by atoms with van der Waals surface area (Å²) in [6.07, 6.45) is 13.0. The summed E-state index contributed by atoms with van der Waals surface area (Å²) >= 11 is 0. The van der Waals surface area contributed by atoms with Crippen molar-refractivity contribution in [3.63, 3.8) is 0 Å². The Morgan fingerprint density at radius 3 is 1.88 bits per heavy atom. The minimum absolute atomic E-state index is 0.760. The van der Waals surface area contributed by atoms with E-state index >= 15 is 0 Å². The Morgan fingerprint density at radius 1 is 1.06 bits per heavy atom. The molecule has 4 rings (SSSR count). The Hall–Kier alpha value is 0.170. The van der Waals surface area contributed by atoms with Crippen molar-refractivity contribution in [1.29, 1.82) is 0 Å². The van der Waals surface area contributed by atoms with Gasteiger partial charge in [-0.1, -0.05) is 12.7 Å². The molecule has 0 heterocycles. The number of hydrogen-bond donors (Lipinski definition) is 0. The summed E-state index contributed by atoms with van der Waals surface area (Å²) in [7, 11) is -0.760. The molecule has 0 nitrogen and oxygen atoms in total. The van der Waals surface area contributed by atoms with Gasteiger partial charge in [-0.15, -0.1) is 0 Å². The van der Waals surface area contributed by atoms with E-state index in [1.54, 1.807) is 38.5 Å². The Labute approximate surface area is 101 Å². The van der Waals surface area contributed by atoms with Crippen molar-refractivity contribution in [2.75, 3.05) is 19.5 Å². The van der Waals surface area contributed by atoms with Gasteiger partial charge in [0.2, 0.25) is 0 Å². The van der Waals surface area contributed by atoms with Gasteiger partial charge < -0.3 is 0 Å². The molecule has 0 aromatic heterocycles. The van der Waals surface area contributed by atoms with Crippen molar-refractivity contribution in [2.45, 2.75) is 43.7 Å². The lowest BCUT2D eigenvalue weighted by molar-refractivity contribution is 0.0346. The highest BCUT2D eigenvalue weighted by atomic mass is 31.2. The molecule has 0 amide bonds. The van der Waals surface area contributed by atoms with Gasteiger partial charge in [-0.25, -0.2) is 0 Å². The summed E-state index contributed by atoms with van der Waals surface area (Å²) in [5, 5.41) is 0.788. The van der Waals surface area contributed by atoms with E-state index in [1.807, 2.05) is 0 Å². The lowest BCUT2D eigenvalue weighted by Crippen LogP contribution is -2.51. The maximum atomic E-state index is 4.00. The molecule has 90 valence electrons. The van der Waals surface area contributed by atoms with Crippen LogP contribution >= 0.6 is 7.26 Å². The summed E-state index contributed by atoms with van der Waals surface area (Å²) in [6.45, 7) is 9.23. The van der Waals surface area contributed by atoms with Crippen molar-refractivity contribution < 1.29 is 0 Å². The number of allylic oxidation sites excluding steroid dienone is 1. The van der Waals surface area contributed by atoms with Crippen LogP contribution in [0.1, 0.15) is 38.5 Å². The molecule has 0 atom stereocenters. The summed E-state index contributed by atoms with van der Waals surface area (Å²) in [5.74, 6) is 3.32. The van der Waals surface area contributed by atoms with Crippen LogP contribution in [-0.2, 0) is 0 Å². The molecule has 0 N–H and O–H groups in total. The van der Waals surface area contributed by atoms with Crippen LogP contribution in [0.25, 0.3) is 0 Å². The largest absolute Gasteiger partial charge is 0.0995 e. The predicted octanol–water partition coefficient (Wildman–Crippen LogP) is 4.42. The molecule has 4 fully saturated rings. The highest BCUT2D eigenvalue weighted by molar-refractivity contribution is 7.76. The van der Waals surface area contributed by atoms with Gasteiger partial charge >= 0.3 is 0 Å². The van der Waals surface area contributed by atoms with Crippen molar-refractivity contribution >= 4 is 7.26 Å². The van der Waals surface area contributed by atoms with E-state index in [2.05, 4.69) is 26.0 Å². The third-order valence-corrected chi connectivity index (χ3v) is 10.2. The molecule has 4 aliphatic rings. The number of rotatable bonds is 3. The second-order valence-corrected chi connectivity index (χ2v) is 12.0. The third-order valence-electron chi connectivity index (χ3n) is 5.88. The summed E-state index contributed by atoms with van der Waals surface area (Å²) < 4.78 is 0. The van der Waals surface area contributed by atoms with Crippen LogP contribution in [0.15, 0.2) is 12.7 Å². The van der Waals surface area contributed by atoms with Gasteiger partial charge in [0.05, 0.1) is 11.3 Å². The molecular formula is C15H26P+. The molecule has 0 aromatic rings. The highest BCUT2D eigenvalue weighted by Gasteiger charge is 2.60. The van der Waals surface area contributed by atoms with E-state index in [-0.39, 0.29) is 0 Å². The first-order valence-corrected chi connectivity index (χ1v) is 9.85. The highest BCUT2D eigenvalue weighted by Crippen LogP contribution is 2.75. The van der Waals surface area contributed by atoms with Crippen molar-refractivity contribution in [3.8, 4) is 0 Å². The van der Waals surface area contributed by atoms with Crippen molar-refractivity contribution in [1.82, 2.24) is 0 Å². The Kier molecular flexibility index (Phi) is 2.52. The SMILES string of the molecule is C=CC[P+](C)(C)C12CC3CC(CC(C3)C1)C2. The molecule has 0 unspecified atom stereocenters. The Bertz CT molecular complexity index is 267. The first kappa shape index (κ1) is 11.3. The quantitative estimate of drug-likeness (QED) is 0.503. The summed E-state index contributed by atoms with van der Waals surface area (Å²) in [4.78, 5) is 0.